The molecule has 2 heterocycles. The minimum Gasteiger partial charge on any atom is -0.491 e. The van der Waals surface area contributed by atoms with Crippen molar-refractivity contribution in [3.8, 4) is 28.3 Å². The Kier molecular flexibility index (Phi) is 7.92. The number of hydrogen-bond acceptors (Lipinski definition) is 6. The van der Waals surface area contributed by atoms with Crippen LogP contribution >= 0.6 is 0 Å². The van der Waals surface area contributed by atoms with Gasteiger partial charge in [-0.25, -0.2) is 24.5 Å². The van der Waals surface area contributed by atoms with Crippen molar-refractivity contribution in [1.82, 2.24) is 19.9 Å². The number of benzene rings is 3. The Bertz CT molecular complexity index is 1610. The maximum absolute atomic E-state index is 11.3. The summed E-state index contributed by atoms with van der Waals surface area (Å²) in [5, 5.41) is 18.3. The van der Waals surface area contributed by atoms with Crippen LogP contribution in [0.3, 0.4) is 0 Å². The van der Waals surface area contributed by atoms with Gasteiger partial charge in [0.05, 0.1) is 30.1 Å². The SMILES string of the molecule is O=C(O)N(Cc1ccc(-c2nc3c(OCCCc4ccncc4)cccc3nc2-c2ccccc2)cc1)C(=O)O. The molecule has 40 heavy (non-hydrogen) atoms. The van der Waals surface area contributed by atoms with E-state index in [2.05, 4.69) is 4.98 Å². The van der Waals surface area contributed by atoms with E-state index in [1.54, 1.807) is 36.7 Å². The summed E-state index contributed by atoms with van der Waals surface area (Å²) in [6.45, 7) is 0.231. The predicted octanol–water partition coefficient (Wildman–Crippen LogP) is 6.53. The van der Waals surface area contributed by atoms with Crippen LogP contribution in [0.2, 0.25) is 0 Å². The van der Waals surface area contributed by atoms with Gasteiger partial charge in [-0.2, -0.15) is 0 Å². The highest BCUT2D eigenvalue weighted by Crippen LogP contribution is 2.34. The molecule has 2 aromatic heterocycles. The van der Waals surface area contributed by atoms with Gasteiger partial charge in [-0.1, -0.05) is 60.7 Å². The minimum absolute atomic E-state index is 0.280. The van der Waals surface area contributed by atoms with Gasteiger partial charge in [-0.3, -0.25) is 4.98 Å². The van der Waals surface area contributed by atoms with Crippen molar-refractivity contribution in [3.05, 3.63) is 108 Å². The van der Waals surface area contributed by atoms with Crippen molar-refractivity contribution in [3.63, 3.8) is 0 Å². The van der Waals surface area contributed by atoms with E-state index in [1.165, 1.54) is 5.56 Å². The van der Waals surface area contributed by atoms with Gasteiger partial charge in [0.1, 0.15) is 11.3 Å². The van der Waals surface area contributed by atoms with Crippen LogP contribution in [0.4, 0.5) is 9.59 Å². The lowest BCUT2D eigenvalue weighted by Crippen LogP contribution is -2.33. The standard InChI is InChI=1S/C31H26N4O5/c36-30(37)35(31(38)39)20-22-11-13-24(14-12-22)28-27(23-7-2-1-3-8-23)33-25-9-4-10-26(29(25)34-28)40-19-5-6-21-15-17-32-18-16-21/h1-4,7-18H,5-6,19-20H2,(H,36,37)(H,38,39). The van der Waals surface area contributed by atoms with Gasteiger partial charge in [-0.05, 0) is 48.2 Å². The first-order valence-corrected chi connectivity index (χ1v) is 12.7. The van der Waals surface area contributed by atoms with Gasteiger partial charge in [0.15, 0.2) is 0 Å². The molecular weight excluding hydrogens is 508 g/mol. The molecule has 0 radical (unpaired) electrons. The second kappa shape index (κ2) is 12.0. The molecule has 0 bridgehead atoms. The van der Waals surface area contributed by atoms with E-state index >= 15 is 0 Å². The Labute approximate surface area is 230 Å². The summed E-state index contributed by atoms with van der Waals surface area (Å²) in [6, 6.07) is 26.3. The number of fused-ring (bicyclic) bond motifs is 1. The van der Waals surface area contributed by atoms with Crippen LogP contribution in [0.15, 0.2) is 97.3 Å². The summed E-state index contributed by atoms with van der Waals surface area (Å²) in [7, 11) is 0. The van der Waals surface area contributed by atoms with E-state index in [9.17, 15) is 19.8 Å². The first kappa shape index (κ1) is 26.3. The number of aryl methyl sites for hydroxylation is 1. The Morgan fingerprint density at radius 3 is 2.10 bits per heavy atom. The quantitative estimate of drug-likeness (QED) is 0.205. The Morgan fingerprint density at radius 2 is 1.40 bits per heavy atom. The summed E-state index contributed by atoms with van der Waals surface area (Å²) >= 11 is 0. The second-order valence-electron chi connectivity index (χ2n) is 9.07. The fourth-order valence-electron chi connectivity index (χ4n) is 4.34. The normalized spacial score (nSPS) is 10.8. The number of pyridine rings is 1. The van der Waals surface area contributed by atoms with E-state index in [0.717, 1.165) is 24.0 Å². The largest absolute Gasteiger partial charge is 0.491 e. The molecule has 9 heteroatoms. The van der Waals surface area contributed by atoms with Crippen LogP contribution in [0.1, 0.15) is 17.5 Å². The first-order valence-electron chi connectivity index (χ1n) is 12.7. The number of hydrogen-bond donors (Lipinski definition) is 2. The zero-order valence-electron chi connectivity index (χ0n) is 21.5. The Morgan fingerprint density at radius 1 is 0.725 bits per heavy atom. The van der Waals surface area contributed by atoms with Gasteiger partial charge in [0.2, 0.25) is 0 Å². The number of amides is 2. The van der Waals surface area contributed by atoms with Crippen molar-refractivity contribution in [2.24, 2.45) is 0 Å². The lowest BCUT2D eigenvalue weighted by molar-refractivity contribution is 0.120. The number of para-hydroxylation sites is 1. The number of carboxylic acid groups (broad SMARTS) is 2. The summed E-state index contributed by atoms with van der Waals surface area (Å²) in [5.74, 6) is 0.635. The first-order chi connectivity index (χ1) is 19.5. The van der Waals surface area contributed by atoms with Crippen LogP contribution < -0.4 is 4.74 Å². The van der Waals surface area contributed by atoms with Crippen molar-refractivity contribution in [1.29, 1.82) is 0 Å². The van der Waals surface area contributed by atoms with Crippen LogP contribution in [0.5, 0.6) is 5.75 Å². The highest BCUT2D eigenvalue weighted by molar-refractivity contribution is 5.89. The molecule has 5 rings (SSSR count). The highest BCUT2D eigenvalue weighted by Gasteiger charge is 2.20. The lowest BCUT2D eigenvalue weighted by atomic mass is 10.0. The van der Waals surface area contributed by atoms with Gasteiger partial charge in [-0.15, -0.1) is 0 Å². The molecule has 0 fully saturated rings. The molecule has 200 valence electrons. The number of nitrogens with zero attached hydrogens (tertiary/aromatic N) is 4. The summed E-state index contributed by atoms with van der Waals surface area (Å²) in [5.41, 5.74) is 6.02. The average Bonchev–Trinajstić information content (AvgIpc) is 2.98. The maximum atomic E-state index is 11.3. The molecule has 9 nitrogen and oxygen atoms in total. The van der Waals surface area contributed by atoms with E-state index in [0.29, 0.717) is 45.2 Å². The Balaban J connectivity index is 1.47. The molecule has 0 unspecified atom stereocenters. The van der Waals surface area contributed by atoms with Crippen molar-refractivity contribution >= 4 is 23.2 Å². The minimum atomic E-state index is -1.53. The number of carbonyl (C=O) groups is 2. The molecule has 5 aromatic rings. The van der Waals surface area contributed by atoms with E-state index in [-0.39, 0.29) is 6.54 Å². The zero-order chi connectivity index (χ0) is 27.9. The third kappa shape index (κ3) is 6.05. The van der Waals surface area contributed by atoms with Gasteiger partial charge in [0.25, 0.3) is 0 Å². The summed E-state index contributed by atoms with van der Waals surface area (Å²) in [6.07, 6.45) is 2.20. The Hall–Kier alpha value is -5.31. The van der Waals surface area contributed by atoms with Crippen LogP contribution in [-0.2, 0) is 13.0 Å². The molecular formula is C31H26N4O5. The molecule has 0 aliphatic rings. The number of rotatable bonds is 9. The van der Waals surface area contributed by atoms with Crippen molar-refractivity contribution in [2.75, 3.05) is 6.61 Å². The van der Waals surface area contributed by atoms with Crippen LogP contribution in [-0.4, -0.2) is 48.9 Å². The molecule has 0 aliphatic heterocycles. The maximum Gasteiger partial charge on any atom is 0.417 e. The molecule has 0 saturated carbocycles. The molecule has 0 spiro atoms. The molecule has 2 amide bonds. The fourth-order valence-corrected chi connectivity index (χ4v) is 4.34. The average molecular weight is 535 g/mol. The van der Waals surface area contributed by atoms with Crippen LogP contribution in [0, 0.1) is 0 Å². The number of imide groups is 1. The summed E-state index contributed by atoms with van der Waals surface area (Å²) < 4.78 is 6.15. The second-order valence-corrected chi connectivity index (χ2v) is 9.07. The fraction of sp³-hybridized carbons (Fsp3) is 0.129. The molecule has 0 atom stereocenters. The zero-order valence-corrected chi connectivity index (χ0v) is 21.5. The monoisotopic (exact) mass is 534 g/mol. The summed E-state index contributed by atoms with van der Waals surface area (Å²) in [4.78, 5) is 36.9. The number of aromatic nitrogens is 3. The lowest BCUT2D eigenvalue weighted by Gasteiger charge is -2.15. The van der Waals surface area contributed by atoms with Crippen LogP contribution in [0.25, 0.3) is 33.5 Å². The van der Waals surface area contributed by atoms with E-state index in [1.807, 2.05) is 60.7 Å². The van der Waals surface area contributed by atoms with Crippen molar-refractivity contribution in [2.45, 2.75) is 19.4 Å². The topological polar surface area (TPSA) is 126 Å². The molecule has 2 N–H and O–H groups in total. The van der Waals surface area contributed by atoms with Gasteiger partial charge < -0.3 is 14.9 Å². The molecule has 0 aliphatic carbocycles. The molecule has 3 aromatic carbocycles. The predicted molar refractivity (Wildman–Crippen MR) is 150 cm³/mol. The van der Waals surface area contributed by atoms with Crippen molar-refractivity contribution < 1.29 is 24.5 Å². The highest BCUT2D eigenvalue weighted by atomic mass is 16.5. The molecule has 0 saturated heterocycles. The van der Waals surface area contributed by atoms with E-state index < -0.39 is 12.2 Å². The van der Waals surface area contributed by atoms with Gasteiger partial charge >= 0.3 is 12.2 Å². The van der Waals surface area contributed by atoms with Gasteiger partial charge in [0, 0.05) is 23.5 Å². The number of ether oxygens (including phenoxy) is 1. The third-order valence-electron chi connectivity index (χ3n) is 6.35. The third-order valence-corrected chi connectivity index (χ3v) is 6.35. The smallest absolute Gasteiger partial charge is 0.417 e. The van der Waals surface area contributed by atoms with E-state index in [4.69, 9.17) is 14.7 Å².